The first-order chi connectivity index (χ1) is 14.9. The molecule has 12 heteroatoms. The molecule has 9 nitrogen and oxygen atoms in total. The number of anilines is 3. The molecule has 3 saturated heterocycles. The van der Waals surface area contributed by atoms with Gasteiger partial charge in [-0.15, -0.1) is 0 Å². The highest BCUT2D eigenvalue weighted by molar-refractivity contribution is 5.68. The van der Waals surface area contributed by atoms with Gasteiger partial charge in [0.15, 0.2) is 5.69 Å². The van der Waals surface area contributed by atoms with Gasteiger partial charge in [-0.25, -0.2) is 15.0 Å². The van der Waals surface area contributed by atoms with Gasteiger partial charge in [0.1, 0.15) is 5.82 Å². The first-order valence-corrected chi connectivity index (χ1v) is 10.2. The van der Waals surface area contributed by atoms with Gasteiger partial charge in [-0.3, -0.25) is 0 Å². The van der Waals surface area contributed by atoms with E-state index in [1.54, 1.807) is 6.07 Å². The van der Waals surface area contributed by atoms with Crippen molar-refractivity contribution in [3.8, 4) is 11.3 Å². The summed E-state index contributed by atoms with van der Waals surface area (Å²) in [5, 5.41) is 0. The van der Waals surface area contributed by atoms with E-state index in [1.807, 2.05) is 4.90 Å². The number of morpholine rings is 2. The summed E-state index contributed by atoms with van der Waals surface area (Å²) in [5.74, 6) is 0.517. The first-order valence-electron chi connectivity index (χ1n) is 10.2. The number of aromatic nitrogens is 4. The van der Waals surface area contributed by atoms with Gasteiger partial charge in [-0.05, 0) is 12.8 Å². The maximum atomic E-state index is 13.7. The van der Waals surface area contributed by atoms with E-state index in [0.29, 0.717) is 51.3 Å². The fourth-order valence-corrected chi connectivity index (χ4v) is 4.38. The topological polar surface area (TPSA) is 103 Å². The summed E-state index contributed by atoms with van der Waals surface area (Å²) in [7, 11) is 0. The fraction of sp³-hybridized carbons (Fsp3) is 0.579. The van der Waals surface area contributed by atoms with Crippen molar-refractivity contribution in [1.82, 2.24) is 19.9 Å². The molecule has 2 bridgehead atoms. The van der Waals surface area contributed by atoms with E-state index in [2.05, 4.69) is 19.9 Å². The highest BCUT2D eigenvalue weighted by atomic mass is 19.4. The van der Waals surface area contributed by atoms with Gasteiger partial charge in [0.2, 0.25) is 11.9 Å². The zero-order valence-electron chi connectivity index (χ0n) is 16.7. The van der Waals surface area contributed by atoms with E-state index in [1.165, 1.54) is 0 Å². The van der Waals surface area contributed by atoms with E-state index in [4.69, 9.17) is 20.2 Å². The van der Waals surface area contributed by atoms with Crippen LogP contribution >= 0.6 is 0 Å². The lowest BCUT2D eigenvalue weighted by molar-refractivity contribution is -0.140. The van der Waals surface area contributed by atoms with Crippen molar-refractivity contribution >= 4 is 17.7 Å². The molecule has 5 rings (SSSR count). The minimum atomic E-state index is -4.70. The lowest BCUT2D eigenvalue weighted by atomic mass is 10.1. The SMILES string of the molecule is Nc1ncc(-c2cc(N3CCOCC3)nc(N3C4CCC3COC4)n2)c(C(F)(F)F)n1. The largest absolute Gasteiger partial charge is 0.434 e. The average Bonchev–Trinajstić information content (AvgIpc) is 3.02. The minimum Gasteiger partial charge on any atom is -0.378 e. The maximum absolute atomic E-state index is 13.7. The Morgan fingerprint density at radius 1 is 1.00 bits per heavy atom. The van der Waals surface area contributed by atoms with Crippen LogP contribution in [0, 0.1) is 0 Å². The Morgan fingerprint density at radius 3 is 2.39 bits per heavy atom. The summed E-state index contributed by atoms with van der Waals surface area (Å²) in [6, 6.07) is 1.77. The number of hydrogen-bond acceptors (Lipinski definition) is 9. The molecule has 0 radical (unpaired) electrons. The van der Waals surface area contributed by atoms with Crippen LogP contribution in [0.4, 0.5) is 30.9 Å². The Morgan fingerprint density at radius 2 is 1.71 bits per heavy atom. The zero-order valence-corrected chi connectivity index (χ0v) is 16.7. The van der Waals surface area contributed by atoms with Crippen LogP contribution in [0.2, 0.25) is 0 Å². The monoisotopic (exact) mass is 437 g/mol. The number of nitrogens with zero attached hydrogens (tertiary/aromatic N) is 6. The van der Waals surface area contributed by atoms with Gasteiger partial charge in [0.05, 0.1) is 44.2 Å². The van der Waals surface area contributed by atoms with Crippen molar-refractivity contribution < 1.29 is 22.6 Å². The smallest absolute Gasteiger partial charge is 0.378 e. The van der Waals surface area contributed by atoms with Crippen molar-refractivity contribution in [2.24, 2.45) is 0 Å². The molecule has 0 aliphatic carbocycles. The Kier molecular flexibility index (Phi) is 5.05. The molecule has 166 valence electrons. The predicted molar refractivity (Wildman–Crippen MR) is 106 cm³/mol. The molecule has 3 aliphatic rings. The van der Waals surface area contributed by atoms with Gasteiger partial charge in [0.25, 0.3) is 0 Å². The quantitative estimate of drug-likeness (QED) is 0.769. The van der Waals surface area contributed by atoms with Crippen LogP contribution in [0.15, 0.2) is 12.3 Å². The normalized spacial score (nSPS) is 24.0. The Bertz CT molecular complexity index is 952. The summed E-state index contributed by atoms with van der Waals surface area (Å²) in [5.41, 5.74) is 4.23. The molecular weight excluding hydrogens is 415 g/mol. The Labute approximate surface area is 176 Å². The molecule has 2 atom stereocenters. The maximum Gasteiger partial charge on any atom is 0.434 e. The summed E-state index contributed by atoms with van der Waals surface area (Å²) < 4.78 is 52.2. The Hall–Kier alpha value is -2.73. The van der Waals surface area contributed by atoms with Crippen LogP contribution in [-0.2, 0) is 15.7 Å². The van der Waals surface area contributed by atoms with Crippen molar-refractivity contribution in [3.05, 3.63) is 18.0 Å². The number of alkyl halides is 3. The third-order valence-corrected chi connectivity index (χ3v) is 5.86. The predicted octanol–water partition coefficient (Wildman–Crippen LogP) is 1.74. The third-order valence-electron chi connectivity index (χ3n) is 5.86. The van der Waals surface area contributed by atoms with Gasteiger partial charge < -0.3 is 25.0 Å². The van der Waals surface area contributed by atoms with Crippen LogP contribution in [-0.4, -0.2) is 71.5 Å². The fourth-order valence-electron chi connectivity index (χ4n) is 4.38. The van der Waals surface area contributed by atoms with Gasteiger partial charge in [0, 0.05) is 30.9 Å². The molecule has 3 fully saturated rings. The molecule has 2 N–H and O–H groups in total. The number of fused-ring (bicyclic) bond motifs is 2. The van der Waals surface area contributed by atoms with Crippen LogP contribution in [0.5, 0.6) is 0 Å². The number of halogens is 3. The van der Waals surface area contributed by atoms with Crippen molar-refractivity contribution in [2.45, 2.75) is 31.1 Å². The molecule has 2 aromatic heterocycles. The number of hydrogen-bond donors (Lipinski definition) is 1. The highest BCUT2D eigenvalue weighted by Crippen LogP contribution is 2.38. The lowest BCUT2D eigenvalue weighted by Gasteiger charge is -2.36. The number of nitrogen functional groups attached to an aromatic ring is 1. The van der Waals surface area contributed by atoms with Crippen LogP contribution < -0.4 is 15.5 Å². The lowest BCUT2D eigenvalue weighted by Crippen LogP contribution is -2.47. The molecule has 0 saturated carbocycles. The molecule has 3 aliphatic heterocycles. The highest BCUT2D eigenvalue weighted by Gasteiger charge is 2.40. The molecular formula is C19H22F3N7O2. The molecule has 2 unspecified atom stereocenters. The van der Waals surface area contributed by atoms with Crippen LogP contribution in [0.25, 0.3) is 11.3 Å². The average molecular weight is 437 g/mol. The summed E-state index contributed by atoms with van der Waals surface area (Å²) in [6.07, 6.45) is -1.75. The number of rotatable bonds is 3. The molecule has 0 spiro atoms. The second-order valence-corrected chi connectivity index (χ2v) is 7.83. The number of ether oxygens (including phenoxy) is 2. The van der Waals surface area contributed by atoms with Gasteiger partial charge in [-0.1, -0.05) is 0 Å². The van der Waals surface area contributed by atoms with Crippen LogP contribution in [0.3, 0.4) is 0 Å². The Balaban J connectivity index is 1.64. The third kappa shape index (κ3) is 3.85. The van der Waals surface area contributed by atoms with E-state index < -0.39 is 17.8 Å². The second-order valence-electron chi connectivity index (χ2n) is 7.83. The van der Waals surface area contributed by atoms with Crippen molar-refractivity contribution in [1.29, 1.82) is 0 Å². The zero-order chi connectivity index (χ0) is 21.6. The van der Waals surface area contributed by atoms with Gasteiger partial charge >= 0.3 is 6.18 Å². The molecule has 0 aromatic carbocycles. The second kappa shape index (κ2) is 7.75. The van der Waals surface area contributed by atoms with Gasteiger partial charge in [-0.2, -0.15) is 18.2 Å². The van der Waals surface area contributed by atoms with Crippen LogP contribution in [0.1, 0.15) is 18.5 Å². The molecule has 31 heavy (non-hydrogen) atoms. The van der Waals surface area contributed by atoms with E-state index in [9.17, 15) is 13.2 Å². The minimum absolute atomic E-state index is 0.108. The molecule has 5 heterocycles. The molecule has 0 amide bonds. The summed E-state index contributed by atoms with van der Waals surface area (Å²) >= 11 is 0. The molecule has 2 aromatic rings. The van der Waals surface area contributed by atoms with E-state index in [-0.39, 0.29) is 23.3 Å². The standard InChI is InChI=1S/C19H22F3N7O2/c20-19(21,22)16-13(8-24-17(23)27-16)14-7-15(28-3-5-30-6-4-28)26-18(25-14)29-11-1-2-12(29)10-31-9-11/h7-8,11-12H,1-6,9-10H2,(H2,23,24,27). The first kappa shape index (κ1) is 20.2. The van der Waals surface area contributed by atoms with Crippen molar-refractivity contribution in [3.63, 3.8) is 0 Å². The van der Waals surface area contributed by atoms with E-state index in [0.717, 1.165) is 19.0 Å². The van der Waals surface area contributed by atoms with E-state index >= 15 is 0 Å². The van der Waals surface area contributed by atoms with Crippen molar-refractivity contribution in [2.75, 3.05) is 55.1 Å². The number of nitrogens with two attached hydrogens (primary N) is 1. The summed E-state index contributed by atoms with van der Waals surface area (Å²) in [6.45, 7) is 3.34. The summed E-state index contributed by atoms with van der Waals surface area (Å²) in [4.78, 5) is 20.6.